The number of allylic oxidation sites excluding steroid dienone is 1. The molecule has 0 heterocycles. The highest BCUT2D eigenvalue weighted by molar-refractivity contribution is 7.81. The summed E-state index contributed by atoms with van der Waals surface area (Å²) in [7, 11) is 0. The van der Waals surface area contributed by atoms with Crippen molar-refractivity contribution >= 4 is 23.2 Å². The lowest BCUT2D eigenvalue weighted by atomic mass is 10.0. The third kappa shape index (κ3) is 8.95. The Morgan fingerprint density at radius 2 is 1.59 bits per heavy atom. The van der Waals surface area contributed by atoms with Gasteiger partial charge < -0.3 is 4.74 Å². The summed E-state index contributed by atoms with van der Waals surface area (Å²) in [5.41, 5.74) is 3.52. The summed E-state index contributed by atoms with van der Waals surface area (Å²) in [6.07, 6.45) is 15.4. The fraction of sp³-hybridized carbons (Fsp3) is 0.444. The summed E-state index contributed by atoms with van der Waals surface area (Å²) in [5.74, 6) is 1.03. The average Bonchev–Trinajstić information content (AvgIpc) is 2.76. The zero-order chi connectivity index (χ0) is 20.7. The number of aryl methyl sites for hydroxylation is 1. The normalized spacial score (nSPS) is 11.1. The Labute approximate surface area is 183 Å². The van der Waals surface area contributed by atoms with Crippen molar-refractivity contribution in [1.82, 2.24) is 0 Å². The van der Waals surface area contributed by atoms with Crippen molar-refractivity contribution < 1.29 is 4.74 Å². The minimum absolute atomic E-state index is 0.806. The number of rotatable bonds is 14. The van der Waals surface area contributed by atoms with E-state index in [1.165, 1.54) is 44.1 Å². The molecule has 0 aliphatic carbocycles. The van der Waals surface area contributed by atoms with Crippen LogP contribution < -0.4 is 4.74 Å². The van der Waals surface area contributed by atoms with Crippen LogP contribution in [0, 0.1) is 0 Å². The molecule has 0 amide bonds. The Kier molecular flexibility index (Phi) is 11.4. The molecule has 0 aliphatic heterocycles. The molecule has 2 aromatic carbocycles. The summed E-state index contributed by atoms with van der Waals surface area (Å²) < 4.78 is 6.18. The summed E-state index contributed by atoms with van der Waals surface area (Å²) in [4.78, 5) is 0.855. The van der Waals surface area contributed by atoms with Crippen molar-refractivity contribution in [2.24, 2.45) is 0 Å². The molecule has 0 fully saturated rings. The maximum Gasteiger partial charge on any atom is 0.123 e. The minimum atomic E-state index is 0.806. The van der Waals surface area contributed by atoms with Gasteiger partial charge in [-0.3, -0.25) is 0 Å². The minimum Gasteiger partial charge on any atom is -0.493 e. The second-order valence-electron chi connectivity index (χ2n) is 7.65. The predicted octanol–water partition coefficient (Wildman–Crippen LogP) is 8.20. The largest absolute Gasteiger partial charge is 0.493 e. The Bertz CT molecular complexity index is 748. The second kappa shape index (κ2) is 14.1. The first-order chi connectivity index (χ1) is 14.2. The first kappa shape index (κ1) is 23.3. The number of benzene rings is 2. The van der Waals surface area contributed by atoms with Gasteiger partial charge in [0.1, 0.15) is 5.75 Å². The molecule has 0 spiro atoms. The molecule has 2 rings (SSSR count). The van der Waals surface area contributed by atoms with Gasteiger partial charge in [0.15, 0.2) is 0 Å². The zero-order valence-corrected chi connectivity index (χ0v) is 19.0. The molecular weight excluding hydrogens is 372 g/mol. The van der Waals surface area contributed by atoms with Gasteiger partial charge in [-0.2, -0.15) is 0 Å². The number of hydrogen-bond donors (Lipinski definition) is 0. The van der Waals surface area contributed by atoms with Crippen LogP contribution in [0.1, 0.15) is 81.9 Å². The molecule has 0 radical (unpaired) electrons. The van der Waals surface area contributed by atoms with E-state index in [9.17, 15) is 0 Å². The fourth-order valence-electron chi connectivity index (χ4n) is 3.40. The Hall–Kier alpha value is -1.93. The molecule has 0 unspecified atom stereocenters. The standard InChI is InChI=1S/C27H36OS/c1-3-5-6-7-8-9-13-21-28-26-22-23(17-19-24(26)14-4-2)18-20-27(29)25-15-11-10-12-16-25/h10-12,15-20,22H,3-9,13-14,21H2,1-2H3. The van der Waals surface area contributed by atoms with E-state index in [1.807, 2.05) is 36.4 Å². The summed E-state index contributed by atoms with van der Waals surface area (Å²) in [6, 6.07) is 16.7. The molecule has 0 bridgehead atoms. The van der Waals surface area contributed by atoms with Crippen molar-refractivity contribution in [2.75, 3.05) is 6.61 Å². The van der Waals surface area contributed by atoms with Crippen molar-refractivity contribution in [3.05, 3.63) is 71.3 Å². The second-order valence-corrected chi connectivity index (χ2v) is 8.09. The summed E-state index contributed by atoms with van der Waals surface area (Å²) in [6.45, 7) is 5.28. The van der Waals surface area contributed by atoms with E-state index in [0.29, 0.717) is 0 Å². The van der Waals surface area contributed by atoms with E-state index >= 15 is 0 Å². The third-order valence-electron chi connectivity index (χ3n) is 5.10. The maximum atomic E-state index is 6.18. The van der Waals surface area contributed by atoms with Crippen molar-refractivity contribution in [1.29, 1.82) is 0 Å². The molecule has 0 aromatic heterocycles. The summed E-state index contributed by atoms with van der Waals surface area (Å²) >= 11 is 5.54. The fourth-order valence-corrected chi connectivity index (χ4v) is 3.60. The highest BCUT2D eigenvalue weighted by atomic mass is 32.1. The van der Waals surface area contributed by atoms with Crippen molar-refractivity contribution in [3.63, 3.8) is 0 Å². The molecule has 29 heavy (non-hydrogen) atoms. The van der Waals surface area contributed by atoms with E-state index in [0.717, 1.165) is 47.6 Å². The van der Waals surface area contributed by atoms with Gasteiger partial charge in [0.25, 0.3) is 0 Å². The molecule has 0 saturated heterocycles. The van der Waals surface area contributed by atoms with Crippen molar-refractivity contribution in [3.8, 4) is 5.75 Å². The van der Waals surface area contributed by atoms with E-state index in [2.05, 4.69) is 38.1 Å². The van der Waals surface area contributed by atoms with Crippen LogP contribution in [0.2, 0.25) is 0 Å². The quantitative estimate of drug-likeness (QED) is 0.135. The van der Waals surface area contributed by atoms with Crippen LogP contribution in [0.15, 0.2) is 54.6 Å². The Balaban J connectivity index is 1.90. The van der Waals surface area contributed by atoms with Crippen LogP contribution >= 0.6 is 12.2 Å². The van der Waals surface area contributed by atoms with Gasteiger partial charge in [-0.25, -0.2) is 0 Å². The first-order valence-corrected chi connectivity index (χ1v) is 11.7. The molecule has 2 aromatic rings. The van der Waals surface area contributed by atoms with Gasteiger partial charge in [0.05, 0.1) is 6.61 Å². The molecule has 2 heteroatoms. The van der Waals surface area contributed by atoms with Crippen LogP contribution in [0.5, 0.6) is 5.75 Å². The van der Waals surface area contributed by atoms with Crippen LogP contribution in [-0.2, 0) is 6.42 Å². The lowest BCUT2D eigenvalue weighted by Crippen LogP contribution is -2.01. The van der Waals surface area contributed by atoms with Crippen LogP contribution in [0.3, 0.4) is 0 Å². The molecule has 0 aliphatic rings. The van der Waals surface area contributed by atoms with Gasteiger partial charge in [0.2, 0.25) is 0 Å². The van der Waals surface area contributed by atoms with E-state index in [-0.39, 0.29) is 0 Å². The maximum absolute atomic E-state index is 6.18. The van der Waals surface area contributed by atoms with Crippen LogP contribution in [0.4, 0.5) is 0 Å². The number of thiocarbonyl (C=S) groups is 1. The summed E-state index contributed by atoms with van der Waals surface area (Å²) in [5, 5.41) is 0. The first-order valence-electron chi connectivity index (χ1n) is 11.3. The highest BCUT2D eigenvalue weighted by Gasteiger charge is 2.05. The van der Waals surface area contributed by atoms with Crippen molar-refractivity contribution in [2.45, 2.75) is 71.6 Å². The molecule has 0 saturated carbocycles. The number of ether oxygens (including phenoxy) is 1. The van der Waals surface area contributed by atoms with Crippen LogP contribution in [-0.4, -0.2) is 11.5 Å². The molecule has 0 N–H and O–H groups in total. The van der Waals surface area contributed by atoms with Gasteiger partial charge in [0, 0.05) is 4.86 Å². The van der Waals surface area contributed by atoms with Gasteiger partial charge >= 0.3 is 0 Å². The topological polar surface area (TPSA) is 9.23 Å². The number of unbranched alkanes of at least 4 members (excludes halogenated alkanes) is 6. The van der Waals surface area contributed by atoms with Crippen LogP contribution in [0.25, 0.3) is 6.08 Å². The molecule has 1 nitrogen and oxygen atoms in total. The van der Waals surface area contributed by atoms with E-state index < -0.39 is 0 Å². The highest BCUT2D eigenvalue weighted by Crippen LogP contribution is 2.24. The molecular formula is C27H36OS. The monoisotopic (exact) mass is 408 g/mol. The Morgan fingerprint density at radius 1 is 0.862 bits per heavy atom. The van der Waals surface area contributed by atoms with Gasteiger partial charge in [-0.15, -0.1) is 0 Å². The SMILES string of the molecule is CCCCCCCCCOc1cc(C=CC(=S)c2ccccc2)ccc1CCC. The van der Waals surface area contributed by atoms with E-state index in [1.54, 1.807) is 0 Å². The van der Waals surface area contributed by atoms with Gasteiger partial charge in [-0.05, 0) is 41.7 Å². The lowest BCUT2D eigenvalue weighted by molar-refractivity contribution is 0.301. The lowest BCUT2D eigenvalue weighted by Gasteiger charge is -2.12. The number of hydrogen-bond acceptors (Lipinski definition) is 2. The predicted molar refractivity (Wildman–Crippen MR) is 131 cm³/mol. The third-order valence-corrected chi connectivity index (χ3v) is 5.47. The smallest absolute Gasteiger partial charge is 0.123 e. The molecule has 156 valence electrons. The van der Waals surface area contributed by atoms with E-state index in [4.69, 9.17) is 17.0 Å². The zero-order valence-electron chi connectivity index (χ0n) is 18.2. The average molecular weight is 409 g/mol. The molecule has 0 atom stereocenters. The Morgan fingerprint density at radius 3 is 2.31 bits per heavy atom. The van der Waals surface area contributed by atoms with Gasteiger partial charge in [-0.1, -0.05) is 120 Å².